The first kappa shape index (κ1) is 35.9. The van der Waals surface area contributed by atoms with E-state index in [4.69, 9.17) is 28.9 Å². The van der Waals surface area contributed by atoms with Crippen LogP contribution in [0.4, 0.5) is 16.0 Å². The molecule has 12 nitrogen and oxygen atoms in total. The molecule has 276 valence electrons. The van der Waals surface area contributed by atoms with Crippen LogP contribution in [0.1, 0.15) is 70.3 Å². The lowest BCUT2D eigenvalue weighted by Gasteiger charge is -2.27. The number of rotatable bonds is 10. The van der Waals surface area contributed by atoms with Gasteiger partial charge in [-0.1, -0.05) is 53.5 Å². The van der Waals surface area contributed by atoms with E-state index in [-0.39, 0.29) is 39.7 Å². The van der Waals surface area contributed by atoms with E-state index in [9.17, 15) is 28.8 Å². The average Bonchev–Trinajstić information content (AvgIpc) is 4.09. The van der Waals surface area contributed by atoms with Gasteiger partial charge >= 0.3 is 0 Å². The second kappa shape index (κ2) is 13.0. The van der Waals surface area contributed by atoms with Gasteiger partial charge in [-0.2, -0.15) is 5.26 Å². The smallest absolute Gasteiger partial charge is 0.270 e. The van der Waals surface area contributed by atoms with Gasteiger partial charge in [0.05, 0.1) is 44.8 Å². The number of imidazole rings is 1. The number of nitrogens with two attached hydrogens (primary N) is 1. The van der Waals surface area contributed by atoms with Gasteiger partial charge in [-0.05, 0) is 86.2 Å². The molecule has 0 unspecified atom stereocenters. The third-order valence-corrected chi connectivity index (χ3v) is 11.1. The number of benzene rings is 3. The van der Waals surface area contributed by atoms with Crippen LogP contribution in [0, 0.1) is 17.1 Å². The highest BCUT2D eigenvalue weighted by atomic mass is 35.5. The molecule has 1 aliphatic heterocycles. The molecule has 3 aliphatic rings. The van der Waals surface area contributed by atoms with Crippen LogP contribution in [0.3, 0.4) is 0 Å². The van der Waals surface area contributed by atoms with Crippen LogP contribution >= 0.6 is 23.2 Å². The molecule has 0 spiro atoms. The Balaban J connectivity index is 1.05. The zero-order valence-electron chi connectivity index (χ0n) is 29.2. The Labute approximate surface area is 324 Å². The Morgan fingerprint density at radius 2 is 1.56 bits per heavy atom. The summed E-state index contributed by atoms with van der Waals surface area (Å²) in [5.74, 6) is -2.72. The van der Waals surface area contributed by atoms with Crippen molar-refractivity contribution in [1.29, 1.82) is 5.26 Å². The largest absolute Gasteiger partial charge is 0.366 e. The fourth-order valence-electron chi connectivity index (χ4n) is 7.12. The lowest BCUT2D eigenvalue weighted by Crippen LogP contribution is -2.52. The van der Waals surface area contributed by atoms with E-state index in [1.165, 1.54) is 27.8 Å². The van der Waals surface area contributed by atoms with Crippen LogP contribution < -0.4 is 21.3 Å². The number of nitrogens with one attached hydrogen (secondary N) is 2. The minimum Gasteiger partial charge on any atom is -0.366 e. The maximum atomic E-state index is 14.4. The number of hydrogen-bond donors (Lipinski definition) is 3. The molecular weight excluding hydrogens is 746 g/mol. The number of hydrogen-bond acceptors (Lipinski definition) is 7. The monoisotopic (exact) mass is 776 g/mol. The van der Waals surface area contributed by atoms with Crippen LogP contribution in [-0.2, 0) is 27.1 Å². The first-order chi connectivity index (χ1) is 26.3. The summed E-state index contributed by atoms with van der Waals surface area (Å²) < 4.78 is 15.9. The second-order valence-corrected chi connectivity index (χ2v) is 15.2. The number of amides is 4. The summed E-state index contributed by atoms with van der Waals surface area (Å²) in [5.41, 5.74) is 6.15. The summed E-state index contributed by atoms with van der Waals surface area (Å²) >= 11 is 12.3. The zero-order chi connectivity index (χ0) is 38.9. The molecule has 15 heteroatoms. The number of aromatic nitrogens is 3. The summed E-state index contributed by atoms with van der Waals surface area (Å²) in [5, 5.41) is 14.8. The lowest BCUT2D eigenvalue weighted by atomic mass is 9.91. The summed E-state index contributed by atoms with van der Waals surface area (Å²) in [6, 6.07) is 22.0. The van der Waals surface area contributed by atoms with Crippen molar-refractivity contribution < 1.29 is 23.6 Å². The molecule has 2 aromatic heterocycles. The van der Waals surface area contributed by atoms with Gasteiger partial charge in [0.25, 0.3) is 11.8 Å². The van der Waals surface area contributed by atoms with Crippen molar-refractivity contribution in [3.05, 3.63) is 129 Å². The summed E-state index contributed by atoms with van der Waals surface area (Å²) in [6.45, 7) is 1.66. The highest BCUT2D eigenvalue weighted by Gasteiger charge is 2.57. The van der Waals surface area contributed by atoms with Crippen molar-refractivity contribution in [2.45, 2.75) is 55.6 Å². The van der Waals surface area contributed by atoms with E-state index in [1.807, 2.05) is 12.1 Å². The molecule has 3 aromatic carbocycles. The van der Waals surface area contributed by atoms with Crippen molar-refractivity contribution in [2.24, 2.45) is 5.73 Å². The molecule has 55 heavy (non-hydrogen) atoms. The van der Waals surface area contributed by atoms with Gasteiger partial charge < -0.3 is 16.4 Å². The zero-order valence-corrected chi connectivity index (χ0v) is 30.7. The number of nitriles is 1. The predicted octanol–water partition coefficient (Wildman–Crippen LogP) is 6.07. The Morgan fingerprint density at radius 3 is 2.13 bits per heavy atom. The summed E-state index contributed by atoms with van der Waals surface area (Å²) in [6.07, 6.45) is 5.27. The fraction of sp³-hybridized carbons (Fsp3) is 0.225. The molecule has 8 rings (SSSR count). The highest BCUT2D eigenvalue weighted by molar-refractivity contribution is 6.35. The predicted molar refractivity (Wildman–Crippen MR) is 201 cm³/mol. The van der Waals surface area contributed by atoms with Crippen molar-refractivity contribution in [3.63, 3.8) is 0 Å². The first-order valence-corrected chi connectivity index (χ1v) is 18.1. The van der Waals surface area contributed by atoms with Gasteiger partial charge in [-0.25, -0.2) is 14.3 Å². The Bertz CT molecular complexity index is 2450. The molecule has 0 saturated heterocycles. The lowest BCUT2D eigenvalue weighted by molar-refractivity contribution is -0.125. The van der Waals surface area contributed by atoms with Crippen LogP contribution in [0.15, 0.2) is 85.2 Å². The molecule has 3 heterocycles. The SMILES string of the molecule is C[C@@]1(Cc2ccc(C#N)cc2)C(=O)N(c2cc(Cl)c(F)c(Cl)c2)c2ncc(C(=O)NC3(C(=O)NC4(c5ccc(-c6ccc(C(N)=O)cc6)cn5)CC4)CC3)n21. The van der Waals surface area contributed by atoms with Crippen molar-refractivity contribution in [2.75, 3.05) is 4.90 Å². The maximum absolute atomic E-state index is 14.4. The molecule has 2 aliphatic carbocycles. The molecule has 1 atom stereocenters. The Kier molecular flexibility index (Phi) is 8.51. The number of nitrogens with zero attached hydrogens (tertiary/aromatic N) is 5. The molecule has 4 N–H and O–H groups in total. The molecule has 2 saturated carbocycles. The van der Waals surface area contributed by atoms with E-state index in [0.717, 1.165) is 11.1 Å². The van der Waals surface area contributed by atoms with Gasteiger partial charge in [-0.15, -0.1) is 0 Å². The van der Waals surface area contributed by atoms with Gasteiger partial charge in [0.1, 0.15) is 16.8 Å². The molecule has 2 fully saturated rings. The number of carbonyl (C=O) groups is 4. The fourth-order valence-corrected chi connectivity index (χ4v) is 7.60. The summed E-state index contributed by atoms with van der Waals surface area (Å²) in [7, 11) is 0. The van der Waals surface area contributed by atoms with E-state index in [1.54, 1.807) is 61.7 Å². The maximum Gasteiger partial charge on any atom is 0.270 e. The van der Waals surface area contributed by atoms with Gasteiger partial charge in [-0.3, -0.25) is 28.7 Å². The van der Waals surface area contributed by atoms with E-state index < -0.39 is 40.2 Å². The standard InChI is InChI=1S/C40H31Cl2FN8O4/c1-38(18-22-2-4-23(19-44)5-3-22)36(55)50(27-16-28(41)32(43)29(42)17-27)37-47-21-30(51(37)38)34(53)48-40(14-15-40)35(54)49-39(12-13-39)31-11-10-26(20-46-31)24-6-8-25(9-7-24)33(45)52/h2-11,16-17,20-21H,12-15,18H2,1H3,(H2,45,52)(H,48,53)(H,49,54)/t38-/m1/s1. The first-order valence-electron chi connectivity index (χ1n) is 17.4. The van der Waals surface area contributed by atoms with Crippen molar-refractivity contribution in [3.8, 4) is 17.2 Å². The molecule has 5 aromatic rings. The Morgan fingerprint density at radius 1 is 0.909 bits per heavy atom. The van der Waals surface area contributed by atoms with Crippen LogP contribution in [0.5, 0.6) is 0 Å². The van der Waals surface area contributed by atoms with Crippen molar-refractivity contribution >= 4 is 58.5 Å². The number of primary amides is 1. The third kappa shape index (κ3) is 6.17. The van der Waals surface area contributed by atoms with Gasteiger partial charge in [0.15, 0.2) is 5.82 Å². The van der Waals surface area contributed by atoms with Crippen molar-refractivity contribution in [1.82, 2.24) is 25.2 Å². The molecule has 4 amide bonds. The summed E-state index contributed by atoms with van der Waals surface area (Å²) in [4.78, 5) is 64.3. The highest BCUT2D eigenvalue weighted by Crippen LogP contribution is 2.48. The Hall–Kier alpha value is -6.10. The normalized spacial score (nSPS) is 18.6. The van der Waals surface area contributed by atoms with Crippen LogP contribution in [-0.4, -0.2) is 43.7 Å². The van der Waals surface area contributed by atoms with Crippen LogP contribution in [0.25, 0.3) is 11.1 Å². The molecule has 0 radical (unpaired) electrons. The van der Waals surface area contributed by atoms with E-state index in [0.29, 0.717) is 48.1 Å². The molecular formula is C40H31Cl2FN8O4. The number of fused-ring (bicyclic) bond motifs is 1. The van der Waals surface area contributed by atoms with Crippen LogP contribution in [0.2, 0.25) is 10.0 Å². The second-order valence-electron chi connectivity index (χ2n) is 14.3. The number of carbonyl (C=O) groups excluding carboxylic acids is 4. The van der Waals surface area contributed by atoms with Gasteiger partial charge in [0.2, 0.25) is 17.8 Å². The third-order valence-electron chi connectivity index (χ3n) is 10.6. The van der Waals surface area contributed by atoms with E-state index >= 15 is 0 Å². The minimum atomic E-state index is -1.43. The van der Waals surface area contributed by atoms with E-state index in [2.05, 4.69) is 26.7 Å². The minimum absolute atomic E-state index is 0.0302. The quantitative estimate of drug-likeness (QED) is 0.144. The topological polar surface area (TPSA) is 176 Å². The molecule has 0 bridgehead atoms. The number of halogens is 3. The average molecular weight is 778 g/mol. The number of anilines is 2. The number of pyridine rings is 1. The van der Waals surface area contributed by atoms with Gasteiger partial charge in [0, 0.05) is 23.7 Å².